The van der Waals surface area contributed by atoms with Crippen LogP contribution in [0.25, 0.3) is 34.0 Å². The van der Waals surface area contributed by atoms with Crippen LogP contribution in [-0.4, -0.2) is 21.0 Å². The summed E-state index contributed by atoms with van der Waals surface area (Å²) in [4.78, 5) is 18.6. The highest BCUT2D eigenvalue weighted by Gasteiger charge is 2.14. The third kappa shape index (κ3) is 3.39. The van der Waals surface area contributed by atoms with Crippen molar-refractivity contribution in [2.75, 3.05) is 0 Å². The van der Waals surface area contributed by atoms with Crippen LogP contribution in [0.15, 0.2) is 52.9 Å². The van der Waals surface area contributed by atoms with Crippen molar-refractivity contribution in [1.29, 1.82) is 5.26 Å². The van der Waals surface area contributed by atoms with Gasteiger partial charge in [0.05, 0.1) is 22.2 Å². The van der Waals surface area contributed by atoms with Crippen LogP contribution in [-0.2, 0) is 0 Å². The number of carbonyl (C=O) groups is 1. The molecule has 0 saturated heterocycles. The molecule has 0 aliphatic rings. The highest BCUT2D eigenvalue weighted by molar-refractivity contribution is 5.92. The van der Waals surface area contributed by atoms with Gasteiger partial charge in [0.1, 0.15) is 29.2 Å². The Morgan fingerprint density at radius 2 is 2.10 bits per heavy atom. The van der Waals surface area contributed by atoms with Crippen molar-refractivity contribution < 1.29 is 18.7 Å². The number of imidazole rings is 1. The molecule has 0 bridgehead atoms. The lowest BCUT2D eigenvalue weighted by molar-refractivity contribution is 0.0696. The maximum absolute atomic E-state index is 13.4. The summed E-state index contributed by atoms with van der Waals surface area (Å²) in [5.74, 6) is -0.215. The van der Waals surface area contributed by atoms with Gasteiger partial charge in [-0.1, -0.05) is 12.1 Å². The number of allylic oxidation sites excluding steroid dienone is 1. The lowest BCUT2D eigenvalue weighted by Gasteiger charge is -2.05. The summed E-state index contributed by atoms with van der Waals surface area (Å²) >= 11 is 0. The number of benzene rings is 2. The summed E-state index contributed by atoms with van der Waals surface area (Å²) in [6.45, 7) is 1.71. The molecule has 0 amide bonds. The van der Waals surface area contributed by atoms with Gasteiger partial charge in [0.15, 0.2) is 0 Å². The average Bonchev–Trinajstić information content (AvgIpc) is 3.32. The van der Waals surface area contributed by atoms with E-state index in [2.05, 4.69) is 16.0 Å². The first kappa shape index (κ1) is 18.2. The fraction of sp³-hybridized carbons (Fsp3) is 0.0455. The van der Waals surface area contributed by atoms with E-state index in [9.17, 15) is 19.6 Å². The van der Waals surface area contributed by atoms with Gasteiger partial charge >= 0.3 is 5.97 Å². The van der Waals surface area contributed by atoms with Crippen molar-refractivity contribution in [2.45, 2.75) is 6.92 Å². The molecule has 2 N–H and O–H groups in total. The van der Waals surface area contributed by atoms with Crippen molar-refractivity contribution >= 4 is 28.7 Å². The number of carboxylic acid groups (broad SMARTS) is 1. The smallest absolute Gasteiger partial charge is 0.335 e. The number of halogens is 1. The number of nitriles is 1. The number of furan rings is 1. The Bertz CT molecular complexity index is 1320. The van der Waals surface area contributed by atoms with Crippen LogP contribution in [0.1, 0.15) is 27.5 Å². The topological polar surface area (TPSA) is 103 Å². The van der Waals surface area contributed by atoms with Crippen molar-refractivity contribution in [3.05, 3.63) is 77.1 Å². The fourth-order valence-corrected chi connectivity index (χ4v) is 3.11. The Balaban J connectivity index is 1.71. The molecule has 2 aromatic carbocycles. The van der Waals surface area contributed by atoms with E-state index in [-0.39, 0.29) is 11.1 Å². The molecule has 4 aromatic rings. The van der Waals surface area contributed by atoms with Crippen LogP contribution >= 0.6 is 0 Å². The molecular weight excluding hydrogens is 373 g/mol. The third-order valence-corrected chi connectivity index (χ3v) is 4.56. The summed E-state index contributed by atoms with van der Waals surface area (Å²) in [6.07, 6.45) is 1.52. The van der Waals surface area contributed by atoms with Crippen LogP contribution in [0, 0.1) is 24.1 Å². The van der Waals surface area contributed by atoms with Crippen LogP contribution in [0.3, 0.4) is 0 Å². The minimum absolute atomic E-state index is 0.197. The van der Waals surface area contributed by atoms with Crippen LogP contribution < -0.4 is 0 Å². The lowest BCUT2D eigenvalue weighted by Crippen LogP contribution is -2.00. The number of hydrogen-bond donors (Lipinski definition) is 2. The van der Waals surface area contributed by atoms with E-state index in [1.165, 1.54) is 30.3 Å². The minimum atomic E-state index is -1.01. The fourth-order valence-electron chi connectivity index (χ4n) is 3.11. The number of nitrogens with zero attached hydrogens (tertiary/aromatic N) is 2. The first-order valence-electron chi connectivity index (χ1n) is 8.67. The van der Waals surface area contributed by atoms with Crippen molar-refractivity contribution in [2.24, 2.45) is 0 Å². The summed E-state index contributed by atoms with van der Waals surface area (Å²) in [5.41, 5.74) is 2.69. The Kier molecular flexibility index (Phi) is 4.45. The normalized spacial score (nSPS) is 11.6. The molecular formula is C22H14FN3O3. The molecule has 4 rings (SSSR count). The standard InChI is InChI=1S/C22H14FN3O3/c1-12-16(3-2-4-17(12)22(27)28)20-8-6-15(29-20)9-13(11-24)21-25-18-7-5-14(23)10-19(18)26-21/h2-10H,1H3,(H,25,26)(H,27,28)/b13-9-. The number of aromatic amines is 1. The number of H-pyrrole nitrogens is 1. The lowest BCUT2D eigenvalue weighted by atomic mass is 10.0. The van der Waals surface area contributed by atoms with E-state index >= 15 is 0 Å². The third-order valence-electron chi connectivity index (χ3n) is 4.56. The van der Waals surface area contributed by atoms with Gasteiger partial charge in [-0.3, -0.25) is 0 Å². The van der Waals surface area contributed by atoms with Gasteiger partial charge in [-0.15, -0.1) is 0 Å². The second kappa shape index (κ2) is 7.09. The van der Waals surface area contributed by atoms with Crippen molar-refractivity contribution in [1.82, 2.24) is 9.97 Å². The molecule has 0 aliphatic carbocycles. The summed E-state index contributed by atoms with van der Waals surface area (Å²) < 4.78 is 19.2. The monoisotopic (exact) mass is 387 g/mol. The molecule has 7 heteroatoms. The largest absolute Gasteiger partial charge is 0.478 e. The summed E-state index contributed by atoms with van der Waals surface area (Å²) in [5, 5.41) is 18.8. The maximum atomic E-state index is 13.4. The van der Waals surface area contributed by atoms with E-state index in [0.29, 0.717) is 39.5 Å². The number of aromatic carboxylic acids is 1. The van der Waals surface area contributed by atoms with Crippen molar-refractivity contribution in [3.8, 4) is 17.4 Å². The van der Waals surface area contributed by atoms with Gasteiger partial charge in [-0.2, -0.15) is 5.26 Å². The van der Waals surface area contributed by atoms with E-state index in [0.717, 1.165) is 0 Å². The molecule has 142 valence electrons. The first-order valence-corrected chi connectivity index (χ1v) is 8.67. The van der Waals surface area contributed by atoms with Gasteiger partial charge in [-0.05, 0) is 48.9 Å². The van der Waals surface area contributed by atoms with Crippen LogP contribution in [0.4, 0.5) is 4.39 Å². The number of fused-ring (bicyclic) bond motifs is 1. The van der Waals surface area contributed by atoms with E-state index in [1.807, 2.05) is 0 Å². The number of nitrogens with one attached hydrogen (secondary N) is 1. The Morgan fingerprint density at radius 1 is 1.28 bits per heavy atom. The van der Waals surface area contributed by atoms with E-state index in [1.54, 1.807) is 31.2 Å². The van der Waals surface area contributed by atoms with Gasteiger partial charge in [0, 0.05) is 11.6 Å². The predicted molar refractivity (Wildman–Crippen MR) is 105 cm³/mol. The Hall–Kier alpha value is -4.18. The molecule has 0 unspecified atom stereocenters. The van der Waals surface area contributed by atoms with E-state index < -0.39 is 11.8 Å². The van der Waals surface area contributed by atoms with E-state index in [4.69, 9.17) is 4.42 Å². The van der Waals surface area contributed by atoms with Gasteiger partial charge in [0.2, 0.25) is 0 Å². The highest BCUT2D eigenvalue weighted by atomic mass is 19.1. The molecule has 0 fully saturated rings. The molecule has 0 atom stereocenters. The molecule has 0 saturated carbocycles. The quantitative estimate of drug-likeness (QED) is 0.478. The zero-order chi connectivity index (χ0) is 20.5. The van der Waals surface area contributed by atoms with Crippen LogP contribution in [0.5, 0.6) is 0 Å². The molecule has 0 spiro atoms. The molecule has 0 radical (unpaired) electrons. The van der Waals surface area contributed by atoms with Crippen molar-refractivity contribution in [3.63, 3.8) is 0 Å². The summed E-state index contributed by atoms with van der Waals surface area (Å²) in [7, 11) is 0. The second-order valence-electron chi connectivity index (χ2n) is 6.40. The number of carboxylic acids is 1. The number of aromatic nitrogens is 2. The Labute approximate surface area is 164 Å². The number of hydrogen-bond acceptors (Lipinski definition) is 4. The molecule has 2 heterocycles. The van der Waals surface area contributed by atoms with Gasteiger partial charge < -0.3 is 14.5 Å². The zero-order valence-electron chi connectivity index (χ0n) is 15.2. The SMILES string of the molecule is Cc1c(C(=O)O)cccc1-c1ccc(/C=C(/C#N)c2nc3ccc(F)cc3[nH]2)o1. The summed E-state index contributed by atoms with van der Waals surface area (Å²) in [6, 6.07) is 14.5. The Morgan fingerprint density at radius 3 is 2.86 bits per heavy atom. The molecule has 29 heavy (non-hydrogen) atoms. The number of rotatable bonds is 4. The highest BCUT2D eigenvalue weighted by Crippen LogP contribution is 2.29. The second-order valence-corrected chi connectivity index (χ2v) is 6.40. The first-order chi connectivity index (χ1) is 14.0. The predicted octanol–water partition coefficient (Wildman–Crippen LogP) is 5.03. The maximum Gasteiger partial charge on any atom is 0.335 e. The van der Waals surface area contributed by atoms with Gasteiger partial charge in [0.25, 0.3) is 0 Å². The zero-order valence-corrected chi connectivity index (χ0v) is 15.2. The minimum Gasteiger partial charge on any atom is -0.478 e. The average molecular weight is 387 g/mol. The molecule has 2 aromatic heterocycles. The van der Waals surface area contributed by atoms with Crippen LogP contribution in [0.2, 0.25) is 0 Å². The molecule has 6 nitrogen and oxygen atoms in total. The molecule has 0 aliphatic heterocycles. The van der Waals surface area contributed by atoms with Gasteiger partial charge in [-0.25, -0.2) is 14.2 Å².